The maximum Gasteiger partial charge on any atom is 0.413 e. The van der Waals surface area contributed by atoms with Gasteiger partial charge in [0.25, 0.3) is 10.0 Å². The summed E-state index contributed by atoms with van der Waals surface area (Å²) in [6.07, 6.45) is -4.60. The zero-order valence-electron chi connectivity index (χ0n) is 9.08. The summed E-state index contributed by atoms with van der Waals surface area (Å²) >= 11 is 3.08. The molecule has 1 aromatic carbocycles. The molecule has 18 heavy (non-hydrogen) atoms. The minimum absolute atomic E-state index is 0.154. The van der Waals surface area contributed by atoms with Crippen LogP contribution in [0.15, 0.2) is 27.6 Å². The molecule has 1 aromatic rings. The molecule has 0 bridgehead atoms. The Balaban J connectivity index is 2.84. The van der Waals surface area contributed by atoms with Crippen LogP contribution in [0, 0.1) is 6.92 Å². The predicted molar refractivity (Wildman–Crippen MR) is 61.2 cm³/mol. The van der Waals surface area contributed by atoms with Gasteiger partial charge in [-0.1, -0.05) is 26.9 Å². The van der Waals surface area contributed by atoms with Crippen molar-refractivity contribution in [1.82, 2.24) is 4.89 Å². The van der Waals surface area contributed by atoms with Crippen molar-refractivity contribution in [1.29, 1.82) is 0 Å². The number of alkyl halides is 3. The Labute approximate surface area is 110 Å². The lowest BCUT2D eigenvalue weighted by Gasteiger charge is -2.11. The number of rotatable bonds is 4. The normalized spacial score (nSPS) is 12.7. The number of hydrogen-bond acceptors (Lipinski definition) is 3. The summed E-state index contributed by atoms with van der Waals surface area (Å²) in [6.45, 7) is -0.177. The van der Waals surface area contributed by atoms with Crippen LogP contribution in [0.2, 0.25) is 0 Å². The smallest absolute Gasteiger partial charge is 0.277 e. The van der Waals surface area contributed by atoms with Gasteiger partial charge >= 0.3 is 6.18 Å². The van der Waals surface area contributed by atoms with E-state index in [4.69, 9.17) is 0 Å². The second-order valence-corrected chi connectivity index (χ2v) is 5.93. The van der Waals surface area contributed by atoms with Gasteiger partial charge in [0.15, 0.2) is 6.61 Å². The number of nitrogens with one attached hydrogen (secondary N) is 1. The first-order valence-corrected chi connectivity index (χ1v) is 6.86. The largest absolute Gasteiger partial charge is 0.413 e. The molecule has 0 aliphatic heterocycles. The molecule has 0 heterocycles. The number of aryl methyl sites for hydroxylation is 1. The number of benzene rings is 1. The minimum Gasteiger partial charge on any atom is -0.277 e. The van der Waals surface area contributed by atoms with Gasteiger partial charge < -0.3 is 0 Å². The van der Waals surface area contributed by atoms with Gasteiger partial charge in [-0.2, -0.15) is 13.2 Å². The van der Waals surface area contributed by atoms with E-state index < -0.39 is 22.8 Å². The summed E-state index contributed by atoms with van der Waals surface area (Å²) in [5.41, 5.74) is 0.390. The summed E-state index contributed by atoms with van der Waals surface area (Å²) in [5.74, 6) is 0. The zero-order valence-corrected chi connectivity index (χ0v) is 11.5. The number of halogens is 4. The van der Waals surface area contributed by atoms with E-state index in [1.165, 1.54) is 23.9 Å². The van der Waals surface area contributed by atoms with Gasteiger partial charge in [-0.15, -0.1) is 0 Å². The lowest BCUT2D eigenvalue weighted by atomic mass is 10.2. The molecule has 1 N–H and O–H groups in total. The Bertz CT molecular complexity index is 530. The lowest BCUT2D eigenvalue weighted by molar-refractivity contribution is -0.181. The van der Waals surface area contributed by atoms with Crippen LogP contribution in [-0.4, -0.2) is 21.2 Å². The van der Waals surface area contributed by atoms with E-state index in [0.29, 0.717) is 10.0 Å². The first-order valence-electron chi connectivity index (χ1n) is 4.58. The third-order valence-corrected chi connectivity index (χ3v) is 3.69. The highest BCUT2D eigenvalue weighted by Crippen LogP contribution is 2.21. The van der Waals surface area contributed by atoms with Crippen molar-refractivity contribution in [3.63, 3.8) is 0 Å². The van der Waals surface area contributed by atoms with Gasteiger partial charge in [-0.05, 0) is 24.6 Å². The number of sulfonamides is 1. The molecule has 102 valence electrons. The summed E-state index contributed by atoms with van der Waals surface area (Å²) in [6, 6.07) is 4.40. The topological polar surface area (TPSA) is 55.4 Å². The Morgan fingerprint density at radius 3 is 2.56 bits per heavy atom. The summed E-state index contributed by atoms with van der Waals surface area (Å²) < 4.78 is 59.3. The average molecular weight is 348 g/mol. The molecule has 1 rings (SSSR count). The molecule has 9 heteroatoms. The molecule has 0 atom stereocenters. The third-order valence-electron chi connectivity index (χ3n) is 1.84. The van der Waals surface area contributed by atoms with Gasteiger partial charge in [-0.25, -0.2) is 8.42 Å². The molecular weight excluding hydrogens is 339 g/mol. The van der Waals surface area contributed by atoms with E-state index in [0.717, 1.165) is 0 Å². The van der Waals surface area contributed by atoms with Crippen LogP contribution in [0.3, 0.4) is 0 Å². The maximum atomic E-state index is 11.8. The third kappa shape index (κ3) is 4.56. The van der Waals surface area contributed by atoms with Gasteiger partial charge in [0.2, 0.25) is 0 Å². The van der Waals surface area contributed by atoms with E-state index >= 15 is 0 Å². The number of hydrogen-bond donors (Lipinski definition) is 1. The molecule has 0 spiro atoms. The highest BCUT2D eigenvalue weighted by Gasteiger charge is 2.29. The first-order chi connectivity index (χ1) is 8.12. The first kappa shape index (κ1) is 15.4. The molecule has 0 amide bonds. The second-order valence-electron chi connectivity index (χ2n) is 3.40. The van der Waals surface area contributed by atoms with Crippen molar-refractivity contribution < 1.29 is 26.4 Å². The maximum absolute atomic E-state index is 11.8. The molecule has 0 saturated carbocycles. The van der Waals surface area contributed by atoms with Crippen LogP contribution < -0.4 is 4.89 Å². The van der Waals surface area contributed by atoms with Crippen molar-refractivity contribution in [3.05, 3.63) is 28.2 Å². The van der Waals surface area contributed by atoms with Gasteiger partial charge in [0.1, 0.15) is 0 Å². The van der Waals surface area contributed by atoms with E-state index in [-0.39, 0.29) is 4.90 Å². The molecule has 0 fully saturated rings. The Morgan fingerprint density at radius 1 is 1.39 bits per heavy atom. The van der Waals surface area contributed by atoms with Crippen LogP contribution in [0.4, 0.5) is 13.2 Å². The Morgan fingerprint density at radius 2 is 2.00 bits per heavy atom. The van der Waals surface area contributed by atoms with E-state index in [2.05, 4.69) is 20.8 Å². The van der Waals surface area contributed by atoms with Crippen LogP contribution >= 0.6 is 15.9 Å². The van der Waals surface area contributed by atoms with E-state index in [9.17, 15) is 21.6 Å². The summed E-state index contributed by atoms with van der Waals surface area (Å²) in [5, 5.41) is 0. The molecule has 0 saturated heterocycles. The van der Waals surface area contributed by atoms with Gasteiger partial charge in [0, 0.05) is 4.47 Å². The molecule has 4 nitrogen and oxygen atoms in total. The SMILES string of the molecule is Cc1ccc(Br)cc1S(=O)(=O)NOCC(F)(F)F. The van der Waals surface area contributed by atoms with Gasteiger partial charge in [-0.3, -0.25) is 4.84 Å². The Kier molecular flexibility index (Phi) is 4.76. The van der Waals surface area contributed by atoms with Crippen LogP contribution in [-0.2, 0) is 14.9 Å². The van der Waals surface area contributed by atoms with Crippen molar-refractivity contribution in [3.8, 4) is 0 Å². The van der Waals surface area contributed by atoms with Crippen LogP contribution in [0.5, 0.6) is 0 Å². The molecule has 0 radical (unpaired) electrons. The zero-order chi connectivity index (χ0) is 14.0. The van der Waals surface area contributed by atoms with Crippen LogP contribution in [0.25, 0.3) is 0 Å². The monoisotopic (exact) mass is 347 g/mol. The molecule has 0 aromatic heterocycles. The average Bonchev–Trinajstić information content (AvgIpc) is 2.19. The quantitative estimate of drug-likeness (QED) is 0.851. The fraction of sp³-hybridized carbons (Fsp3) is 0.333. The van der Waals surface area contributed by atoms with Crippen LogP contribution in [0.1, 0.15) is 5.56 Å². The summed E-state index contributed by atoms with van der Waals surface area (Å²) in [7, 11) is -4.14. The molecular formula is C9H9BrF3NO3S. The van der Waals surface area contributed by atoms with Gasteiger partial charge in [0.05, 0.1) is 4.90 Å². The fourth-order valence-electron chi connectivity index (χ4n) is 1.10. The highest BCUT2D eigenvalue weighted by atomic mass is 79.9. The second kappa shape index (κ2) is 5.55. The van der Waals surface area contributed by atoms with E-state index in [1.54, 1.807) is 6.07 Å². The fourth-order valence-corrected chi connectivity index (χ4v) is 2.69. The summed E-state index contributed by atoms with van der Waals surface area (Å²) in [4.78, 5) is 5.21. The van der Waals surface area contributed by atoms with E-state index in [1.807, 2.05) is 0 Å². The predicted octanol–water partition coefficient (Wildman–Crippen LogP) is 2.53. The standard InChI is InChI=1S/C9H9BrF3NO3S/c1-6-2-3-7(10)4-8(6)18(15,16)14-17-5-9(11,12)13/h2-4,14H,5H2,1H3. The molecule has 0 aliphatic carbocycles. The molecule has 0 unspecified atom stereocenters. The minimum atomic E-state index is -4.60. The van der Waals surface area contributed by atoms with Crippen molar-refractivity contribution in [2.24, 2.45) is 0 Å². The lowest BCUT2D eigenvalue weighted by Crippen LogP contribution is -2.30. The van der Waals surface area contributed by atoms with Crippen molar-refractivity contribution in [2.75, 3.05) is 6.61 Å². The van der Waals surface area contributed by atoms with Crippen molar-refractivity contribution >= 4 is 26.0 Å². The Hall–Kier alpha value is -0.640. The molecule has 0 aliphatic rings. The van der Waals surface area contributed by atoms with Crippen molar-refractivity contribution in [2.45, 2.75) is 18.0 Å². The highest BCUT2D eigenvalue weighted by molar-refractivity contribution is 9.10.